The number of aryl methyl sites for hydroxylation is 1. The summed E-state index contributed by atoms with van der Waals surface area (Å²) in [7, 11) is 1.37. The fourth-order valence-corrected chi connectivity index (χ4v) is 3.67. The van der Waals surface area contributed by atoms with Crippen LogP contribution in [0.4, 0.5) is 5.69 Å². The van der Waals surface area contributed by atoms with Crippen LogP contribution in [-0.2, 0) is 22.5 Å². The van der Waals surface area contributed by atoms with Gasteiger partial charge < -0.3 is 14.2 Å². The first-order valence-electron chi connectivity index (χ1n) is 8.73. The molecule has 0 saturated heterocycles. The Hall–Kier alpha value is -3.08. The summed E-state index contributed by atoms with van der Waals surface area (Å²) in [6.07, 6.45) is 3.67. The fraction of sp³-hybridized carbons (Fsp3) is 0.238. The van der Waals surface area contributed by atoms with Gasteiger partial charge in [-0.3, -0.25) is 4.79 Å². The van der Waals surface area contributed by atoms with Crippen LogP contribution in [0.15, 0.2) is 54.7 Å². The van der Waals surface area contributed by atoms with Gasteiger partial charge in [0, 0.05) is 29.3 Å². The van der Waals surface area contributed by atoms with Crippen molar-refractivity contribution in [2.45, 2.75) is 19.4 Å². The SMILES string of the molecule is COC(=O)c1cn(CC(=O)N2CCCc3ccccc32)c2ccccc12. The molecule has 0 atom stereocenters. The van der Waals surface area contributed by atoms with Crippen molar-refractivity contribution in [3.05, 3.63) is 65.9 Å². The van der Waals surface area contributed by atoms with Gasteiger partial charge in [0.25, 0.3) is 0 Å². The van der Waals surface area contributed by atoms with Gasteiger partial charge in [0.05, 0.1) is 12.7 Å². The van der Waals surface area contributed by atoms with Crippen molar-refractivity contribution < 1.29 is 14.3 Å². The monoisotopic (exact) mass is 348 g/mol. The van der Waals surface area contributed by atoms with Gasteiger partial charge in [0.1, 0.15) is 6.54 Å². The summed E-state index contributed by atoms with van der Waals surface area (Å²) in [5, 5.41) is 0.797. The van der Waals surface area contributed by atoms with Crippen LogP contribution < -0.4 is 4.90 Å². The van der Waals surface area contributed by atoms with Crippen molar-refractivity contribution in [2.75, 3.05) is 18.6 Å². The van der Waals surface area contributed by atoms with Crippen molar-refractivity contribution in [3.63, 3.8) is 0 Å². The lowest BCUT2D eigenvalue weighted by molar-refractivity contribution is -0.119. The topological polar surface area (TPSA) is 51.5 Å². The first-order chi connectivity index (χ1) is 12.7. The Balaban J connectivity index is 1.68. The normalized spacial score (nSPS) is 13.5. The lowest BCUT2D eigenvalue weighted by Crippen LogP contribution is -2.37. The molecule has 1 amide bonds. The summed E-state index contributed by atoms with van der Waals surface area (Å²) in [4.78, 5) is 26.9. The summed E-state index contributed by atoms with van der Waals surface area (Å²) in [5.74, 6) is -0.370. The first-order valence-corrected chi connectivity index (χ1v) is 8.73. The maximum atomic E-state index is 13.0. The molecule has 0 fully saturated rings. The molecular formula is C21H20N2O3. The standard InChI is InChI=1S/C21H20N2O3/c1-26-21(25)17-13-22(19-11-5-3-9-16(17)19)14-20(24)23-12-6-8-15-7-2-4-10-18(15)23/h2-5,7,9-11,13H,6,8,12,14H2,1H3. The number of rotatable bonds is 3. The Morgan fingerprint density at radius 3 is 2.69 bits per heavy atom. The van der Waals surface area contributed by atoms with Crippen LogP contribution >= 0.6 is 0 Å². The molecule has 0 bridgehead atoms. The lowest BCUT2D eigenvalue weighted by atomic mass is 10.0. The number of carbonyl (C=O) groups is 2. The number of esters is 1. The van der Waals surface area contributed by atoms with E-state index >= 15 is 0 Å². The molecule has 5 heteroatoms. The molecule has 3 aromatic rings. The van der Waals surface area contributed by atoms with E-state index < -0.39 is 5.97 Å². The second kappa shape index (κ2) is 6.67. The number of hydrogen-bond donors (Lipinski definition) is 0. The Bertz CT molecular complexity index is 990. The number of fused-ring (bicyclic) bond motifs is 2. The highest BCUT2D eigenvalue weighted by Crippen LogP contribution is 2.28. The zero-order valence-electron chi connectivity index (χ0n) is 14.6. The zero-order valence-corrected chi connectivity index (χ0v) is 14.6. The van der Waals surface area contributed by atoms with Gasteiger partial charge in [-0.2, -0.15) is 0 Å². The largest absolute Gasteiger partial charge is 0.465 e. The van der Waals surface area contributed by atoms with E-state index in [-0.39, 0.29) is 12.5 Å². The van der Waals surface area contributed by atoms with Gasteiger partial charge in [-0.1, -0.05) is 36.4 Å². The summed E-state index contributed by atoms with van der Waals surface area (Å²) in [6.45, 7) is 0.907. The van der Waals surface area contributed by atoms with Crippen molar-refractivity contribution in [1.29, 1.82) is 0 Å². The summed E-state index contributed by atoms with van der Waals surface area (Å²) in [6, 6.07) is 15.6. The number of benzene rings is 2. The minimum Gasteiger partial charge on any atom is -0.465 e. The fourth-order valence-electron chi connectivity index (χ4n) is 3.67. The molecule has 1 aliphatic rings. The third-order valence-electron chi connectivity index (χ3n) is 4.91. The van der Waals surface area contributed by atoms with E-state index in [9.17, 15) is 9.59 Å². The number of carbonyl (C=O) groups excluding carboxylic acids is 2. The zero-order chi connectivity index (χ0) is 18.1. The first kappa shape index (κ1) is 16.4. The van der Waals surface area contributed by atoms with Crippen molar-refractivity contribution >= 4 is 28.5 Å². The van der Waals surface area contributed by atoms with E-state index in [1.807, 2.05) is 51.9 Å². The average Bonchev–Trinajstić information content (AvgIpc) is 3.05. The van der Waals surface area contributed by atoms with Crippen LogP contribution in [0, 0.1) is 0 Å². The third kappa shape index (κ3) is 2.75. The molecule has 5 nitrogen and oxygen atoms in total. The number of nitrogens with zero attached hydrogens (tertiary/aromatic N) is 2. The molecule has 0 radical (unpaired) electrons. The Kier molecular flexibility index (Phi) is 4.21. The molecule has 26 heavy (non-hydrogen) atoms. The van der Waals surface area contributed by atoms with Gasteiger partial charge in [0.15, 0.2) is 0 Å². The molecule has 4 rings (SSSR count). The van der Waals surface area contributed by atoms with E-state index in [2.05, 4.69) is 6.07 Å². The average molecular weight is 348 g/mol. The number of methoxy groups -OCH3 is 1. The number of ether oxygens (including phenoxy) is 1. The number of aromatic nitrogens is 1. The maximum Gasteiger partial charge on any atom is 0.340 e. The van der Waals surface area contributed by atoms with Crippen LogP contribution in [0.2, 0.25) is 0 Å². The van der Waals surface area contributed by atoms with Crippen LogP contribution in [-0.4, -0.2) is 30.1 Å². The number of para-hydroxylation sites is 2. The predicted molar refractivity (Wildman–Crippen MR) is 100 cm³/mol. The highest BCUT2D eigenvalue weighted by atomic mass is 16.5. The molecule has 0 aliphatic carbocycles. The van der Waals surface area contributed by atoms with Crippen LogP contribution in [0.3, 0.4) is 0 Å². The molecule has 2 heterocycles. The Labute approximate surface area is 151 Å². The third-order valence-corrected chi connectivity index (χ3v) is 4.91. The molecule has 1 aliphatic heterocycles. The van der Waals surface area contributed by atoms with E-state index in [0.29, 0.717) is 5.56 Å². The predicted octanol–water partition coefficient (Wildman–Crippen LogP) is 3.41. The second-order valence-corrected chi connectivity index (χ2v) is 6.46. The number of anilines is 1. The Morgan fingerprint density at radius 2 is 1.85 bits per heavy atom. The van der Waals surface area contributed by atoms with Gasteiger partial charge >= 0.3 is 5.97 Å². The van der Waals surface area contributed by atoms with E-state index in [1.165, 1.54) is 12.7 Å². The van der Waals surface area contributed by atoms with Crippen LogP contribution in [0.25, 0.3) is 10.9 Å². The summed E-state index contributed by atoms with van der Waals surface area (Å²) >= 11 is 0. The summed E-state index contributed by atoms with van der Waals surface area (Å²) in [5.41, 5.74) is 3.54. The molecule has 2 aromatic carbocycles. The molecule has 0 N–H and O–H groups in total. The molecular weight excluding hydrogens is 328 g/mol. The lowest BCUT2D eigenvalue weighted by Gasteiger charge is -2.29. The van der Waals surface area contributed by atoms with Crippen molar-refractivity contribution in [2.24, 2.45) is 0 Å². The molecule has 132 valence electrons. The minimum absolute atomic E-state index is 0.0225. The molecule has 0 spiro atoms. The van der Waals surface area contributed by atoms with Gasteiger partial charge in [-0.25, -0.2) is 4.79 Å². The highest BCUT2D eigenvalue weighted by Gasteiger charge is 2.23. The number of hydrogen-bond acceptors (Lipinski definition) is 3. The smallest absolute Gasteiger partial charge is 0.340 e. The van der Waals surface area contributed by atoms with Gasteiger partial charge in [0.2, 0.25) is 5.91 Å². The quantitative estimate of drug-likeness (QED) is 0.682. The summed E-state index contributed by atoms with van der Waals surface area (Å²) < 4.78 is 6.71. The van der Waals surface area contributed by atoms with Crippen molar-refractivity contribution in [1.82, 2.24) is 4.57 Å². The van der Waals surface area contributed by atoms with E-state index in [4.69, 9.17) is 4.74 Å². The maximum absolute atomic E-state index is 13.0. The van der Waals surface area contributed by atoms with E-state index in [1.54, 1.807) is 6.20 Å². The number of amides is 1. The van der Waals surface area contributed by atoms with Crippen LogP contribution in [0.5, 0.6) is 0 Å². The minimum atomic E-state index is -0.393. The Morgan fingerprint density at radius 1 is 1.08 bits per heavy atom. The van der Waals surface area contributed by atoms with Crippen molar-refractivity contribution in [3.8, 4) is 0 Å². The van der Waals surface area contributed by atoms with E-state index in [0.717, 1.165) is 36.0 Å². The van der Waals surface area contributed by atoms with Crippen LogP contribution in [0.1, 0.15) is 22.3 Å². The molecule has 1 aromatic heterocycles. The molecule has 0 unspecified atom stereocenters. The van der Waals surface area contributed by atoms with Gasteiger partial charge in [-0.15, -0.1) is 0 Å². The highest BCUT2D eigenvalue weighted by molar-refractivity contribution is 6.05. The van der Waals surface area contributed by atoms with Gasteiger partial charge in [-0.05, 0) is 30.5 Å². The second-order valence-electron chi connectivity index (χ2n) is 6.46. The molecule has 0 saturated carbocycles.